The Balaban J connectivity index is 1.58. The molecule has 0 radical (unpaired) electrons. The van der Waals surface area contributed by atoms with Crippen LogP contribution in [0.15, 0.2) is 41.3 Å². The molecular formula is C18H18ClNO4S. The number of sulfonamides is 1. The molecule has 0 N–H and O–H groups in total. The number of hydrogen-bond donors (Lipinski definition) is 0. The van der Waals surface area contributed by atoms with Crippen LogP contribution in [0.25, 0.3) is 0 Å². The van der Waals surface area contributed by atoms with Crippen LogP contribution in [0.3, 0.4) is 0 Å². The molecule has 0 bridgehead atoms. The summed E-state index contributed by atoms with van der Waals surface area (Å²) >= 11 is 6.00. The fraction of sp³-hybridized carbons (Fsp3) is 0.333. The van der Waals surface area contributed by atoms with Crippen molar-refractivity contribution in [1.29, 1.82) is 0 Å². The van der Waals surface area contributed by atoms with Gasteiger partial charge in [-0.3, -0.25) is 0 Å². The molecule has 0 aliphatic carbocycles. The monoisotopic (exact) mass is 379 g/mol. The molecule has 0 saturated carbocycles. The highest BCUT2D eigenvalue weighted by molar-refractivity contribution is 7.89. The second-order valence-corrected chi connectivity index (χ2v) is 8.71. The summed E-state index contributed by atoms with van der Waals surface area (Å²) < 4.78 is 38.3. The third-order valence-corrected chi connectivity index (χ3v) is 7.03. The Morgan fingerprint density at radius 1 is 1.12 bits per heavy atom. The summed E-state index contributed by atoms with van der Waals surface area (Å²) in [5, 5.41) is 0.427. The van der Waals surface area contributed by atoms with E-state index in [9.17, 15) is 8.42 Å². The van der Waals surface area contributed by atoms with Gasteiger partial charge in [-0.1, -0.05) is 23.7 Å². The lowest BCUT2D eigenvalue weighted by atomic mass is 9.98. The van der Waals surface area contributed by atoms with Gasteiger partial charge in [0.15, 0.2) is 11.5 Å². The standard InChI is InChI=1S/C18H18ClNO4S/c1-12-2-4-15(19)9-18(12)25(21,22)20-7-6-14(10-20)13-3-5-16-17(8-13)24-11-23-16/h2-5,8-9,14H,6-7,10-11H2,1H3. The molecule has 1 fully saturated rings. The molecule has 5 nitrogen and oxygen atoms in total. The summed E-state index contributed by atoms with van der Waals surface area (Å²) in [4.78, 5) is 0.284. The van der Waals surface area contributed by atoms with Crippen LogP contribution in [0.1, 0.15) is 23.5 Å². The van der Waals surface area contributed by atoms with E-state index < -0.39 is 10.0 Å². The summed E-state index contributed by atoms with van der Waals surface area (Å²) in [6.45, 7) is 2.97. The molecular weight excluding hydrogens is 362 g/mol. The predicted molar refractivity (Wildman–Crippen MR) is 94.9 cm³/mol. The highest BCUT2D eigenvalue weighted by atomic mass is 35.5. The third kappa shape index (κ3) is 2.99. The van der Waals surface area contributed by atoms with Gasteiger partial charge in [0.1, 0.15) is 0 Å². The summed E-state index contributed by atoms with van der Waals surface area (Å²) in [6, 6.07) is 10.8. The minimum atomic E-state index is -3.55. The van der Waals surface area contributed by atoms with E-state index in [1.165, 1.54) is 6.07 Å². The Morgan fingerprint density at radius 2 is 1.92 bits per heavy atom. The largest absolute Gasteiger partial charge is 0.454 e. The van der Waals surface area contributed by atoms with Gasteiger partial charge in [-0.2, -0.15) is 4.31 Å². The van der Waals surface area contributed by atoms with Gasteiger partial charge in [-0.15, -0.1) is 0 Å². The second kappa shape index (κ2) is 6.20. The van der Waals surface area contributed by atoms with Gasteiger partial charge in [0.2, 0.25) is 16.8 Å². The van der Waals surface area contributed by atoms with Crippen molar-refractivity contribution in [3.05, 3.63) is 52.5 Å². The van der Waals surface area contributed by atoms with Gasteiger partial charge >= 0.3 is 0 Å². The normalized spacial score (nSPS) is 20.2. The van der Waals surface area contributed by atoms with Crippen molar-refractivity contribution < 1.29 is 17.9 Å². The fourth-order valence-electron chi connectivity index (χ4n) is 3.38. The first kappa shape index (κ1) is 16.7. The average molecular weight is 380 g/mol. The lowest BCUT2D eigenvalue weighted by molar-refractivity contribution is 0.174. The molecule has 2 aliphatic heterocycles. The van der Waals surface area contributed by atoms with Crippen molar-refractivity contribution in [2.75, 3.05) is 19.9 Å². The van der Waals surface area contributed by atoms with Crippen LogP contribution in [0.5, 0.6) is 11.5 Å². The van der Waals surface area contributed by atoms with Crippen LogP contribution >= 0.6 is 11.6 Å². The Kier molecular flexibility index (Phi) is 4.14. The number of benzene rings is 2. The van der Waals surface area contributed by atoms with Crippen LogP contribution in [-0.2, 0) is 10.0 Å². The minimum absolute atomic E-state index is 0.142. The lowest BCUT2D eigenvalue weighted by Crippen LogP contribution is -2.29. The number of aryl methyl sites for hydroxylation is 1. The first-order valence-electron chi connectivity index (χ1n) is 8.11. The van der Waals surface area contributed by atoms with Crippen LogP contribution < -0.4 is 9.47 Å². The molecule has 132 valence electrons. The van der Waals surface area contributed by atoms with Crippen LogP contribution in [-0.4, -0.2) is 32.6 Å². The highest BCUT2D eigenvalue weighted by Crippen LogP contribution is 2.38. The molecule has 2 aliphatic rings. The maximum atomic E-state index is 13.0. The van der Waals surface area contributed by atoms with Gasteiger partial charge in [0, 0.05) is 18.1 Å². The number of rotatable bonds is 3. The average Bonchev–Trinajstić information content (AvgIpc) is 3.25. The molecule has 1 unspecified atom stereocenters. The molecule has 25 heavy (non-hydrogen) atoms. The number of ether oxygens (including phenoxy) is 2. The summed E-state index contributed by atoms with van der Waals surface area (Å²) in [7, 11) is -3.55. The smallest absolute Gasteiger partial charge is 0.243 e. The Morgan fingerprint density at radius 3 is 2.76 bits per heavy atom. The molecule has 0 amide bonds. The van der Waals surface area contributed by atoms with Crippen molar-refractivity contribution >= 4 is 21.6 Å². The highest BCUT2D eigenvalue weighted by Gasteiger charge is 2.34. The van der Waals surface area contributed by atoms with Crippen LogP contribution in [0, 0.1) is 6.92 Å². The SMILES string of the molecule is Cc1ccc(Cl)cc1S(=O)(=O)N1CCC(c2ccc3c(c2)OCO3)C1. The molecule has 4 rings (SSSR count). The first-order valence-corrected chi connectivity index (χ1v) is 9.93. The first-order chi connectivity index (χ1) is 11.9. The summed E-state index contributed by atoms with van der Waals surface area (Å²) in [5.41, 5.74) is 1.78. The number of hydrogen-bond acceptors (Lipinski definition) is 4. The third-order valence-electron chi connectivity index (χ3n) is 4.79. The predicted octanol–water partition coefficient (Wildman–Crippen LogP) is 3.56. The van der Waals surface area contributed by atoms with E-state index in [1.807, 2.05) is 18.2 Å². The van der Waals surface area contributed by atoms with Gasteiger partial charge < -0.3 is 9.47 Å². The molecule has 2 heterocycles. The molecule has 2 aromatic rings. The van der Waals surface area contributed by atoms with E-state index in [0.29, 0.717) is 23.7 Å². The maximum absolute atomic E-state index is 13.0. The molecule has 2 aromatic carbocycles. The van der Waals surface area contributed by atoms with E-state index in [-0.39, 0.29) is 17.6 Å². The maximum Gasteiger partial charge on any atom is 0.243 e. The van der Waals surface area contributed by atoms with E-state index in [0.717, 1.165) is 23.5 Å². The Hall–Kier alpha value is -1.76. The van der Waals surface area contributed by atoms with E-state index in [1.54, 1.807) is 23.4 Å². The number of fused-ring (bicyclic) bond motifs is 1. The Bertz CT molecular complexity index is 929. The van der Waals surface area contributed by atoms with Crippen molar-refractivity contribution in [1.82, 2.24) is 4.31 Å². The summed E-state index contributed by atoms with van der Waals surface area (Å²) in [5.74, 6) is 1.61. The second-order valence-electron chi connectivity index (χ2n) is 6.37. The van der Waals surface area contributed by atoms with Crippen molar-refractivity contribution in [2.45, 2.75) is 24.2 Å². The van der Waals surface area contributed by atoms with E-state index in [2.05, 4.69) is 0 Å². The van der Waals surface area contributed by atoms with Crippen molar-refractivity contribution in [3.8, 4) is 11.5 Å². The number of halogens is 1. The molecule has 7 heteroatoms. The zero-order chi connectivity index (χ0) is 17.6. The minimum Gasteiger partial charge on any atom is -0.454 e. The zero-order valence-corrected chi connectivity index (χ0v) is 15.3. The van der Waals surface area contributed by atoms with Gasteiger partial charge in [0.05, 0.1) is 4.90 Å². The topological polar surface area (TPSA) is 55.8 Å². The lowest BCUT2D eigenvalue weighted by Gasteiger charge is -2.18. The molecule has 0 spiro atoms. The van der Waals surface area contributed by atoms with Crippen molar-refractivity contribution in [3.63, 3.8) is 0 Å². The molecule has 1 saturated heterocycles. The van der Waals surface area contributed by atoms with Crippen molar-refractivity contribution in [2.24, 2.45) is 0 Å². The fourth-order valence-corrected chi connectivity index (χ4v) is 5.36. The summed E-state index contributed by atoms with van der Waals surface area (Å²) in [6.07, 6.45) is 0.776. The molecule has 1 atom stereocenters. The number of nitrogens with zero attached hydrogens (tertiary/aromatic N) is 1. The van der Waals surface area contributed by atoms with Gasteiger partial charge in [-0.25, -0.2) is 8.42 Å². The van der Waals surface area contributed by atoms with Crippen LogP contribution in [0.2, 0.25) is 5.02 Å². The van der Waals surface area contributed by atoms with Gasteiger partial charge in [-0.05, 0) is 54.7 Å². The van der Waals surface area contributed by atoms with Crippen LogP contribution in [0.4, 0.5) is 0 Å². The zero-order valence-electron chi connectivity index (χ0n) is 13.7. The van der Waals surface area contributed by atoms with E-state index >= 15 is 0 Å². The van der Waals surface area contributed by atoms with E-state index in [4.69, 9.17) is 21.1 Å². The Labute approximate surface area is 152 Å². The molecule has 0 aromatic heterocycles. The van der Waals surface area contributed by atoms with Gasteiger partial charge in [0.25, 0.3) is 0 Å². The quantitative estimate of drug-likeness (QED) is 0.818.